The average Bonchev–Trinajstić information content (AvgIpc) is 2.55. The van der Waals surface area contributed by atoms with Crippen LogP contribution in [0.3, 0.4) is 0 Å². The number of cyclic esters (lactones) is 2. The van der Waals surface area contributed by atoms with Crippen molar-refractivity contribution in [1.82, 2.24) is 0 Å². The summed E-state index contributed by atoms with van der Waals surface area (Å²) in [6.07, 6.45) is 0.791. The van der Waals surface area contributed by atoms with Crippen molar-refractivity contribution < 1.29 is 19.1 Å². The number of rotatable bonds is 3. The molecule has 0 spiro atoms. The summed E-state index contributed by atoms with van der Waals surface area (Å²) < 4.78 is 10.3. The number of hydrogen-bond donors (Lipinski definition) is 0. The Hall–Kier alpha value is -1.84. The highest BCUT2D eigenvalue weighted by molar-refractivity contribution is 6.16. The first-order valence-electron chi connectivity index (χ1n) is 5.53. The zero-order valence-electron chi connectivity index (χ0n) is 10.1. The molecule has 0 aliphatic carbocycles. The van der Waals surface area contributed by atoms with E-state index in [0.29, 0.717) is 5.75 Å². The SMILES string of the molecule is CCC(C)(C)Oc1cccc2c1C(=O)OC2=O. The van der Waals surface area contributed by atoms with Crippen molar-refractivity contribution in [1.29, 1.82) is 0 Å². The van der Waals surface area contributed by atoms with E-state index < -0.39 is 11.9 Å². The van der Waals surface area contributed by atoms with Crippen molar-refractivity contribution in [2.45, 2.75) is 32.8 Å². The molecule has 0 saturated heterocycles. The molecule has 0 aromatic heterocycles. The third kappa shape index (κ3) is 2.02. The average molecular weight is 234 g/mol. The first kappa shape index (κ1) is 11.6. The second-order valence-electron chi connectivity index (χ2n) is 4.57. The van der Waals surface area contributed by atoms with Crippen LogP contribution in [0.25, 0.3) is 0 Å². The quantitative estimate of drug-likeness (QED) is 0.595. The summed E-state index contributed by atoms with van der Waals surface area (Å²) in [6, 6.07) is 4.92. The van der Waals surface area contributed by atoms with Crippen LogP contribution in [0.5, 0.6) is 5.75 Å². The lowest BCUT2D eigenvalue weighted by molar-refractivity contribution is 0.0439. The molecule has 0 atom stereocenters. The Morgan fingerprint density at radius 2 is 1.94 bits per heavy atom. The smallest absolute Gasteiger partial charge is 0.350 e. The Balaban J connectivity index is 2.44. The van der Waals surface area contributed by atoms with Crippen LogP contribution in [-0.2, 0) is 4.74 Å². The van der Waals surface area contributed by atoms with Crippen LogP contribution in [0.1, 0.15) is 47.9 Å². The first-order valence-corrected chi connectivity index (χ1v) is 5.53. The van der Waals surface area contributed by atoms with E-state index in [9.17, 15) is 9.59 Å². The minimum atomic E-state index is -0.632. The summed E-state index contributed by atoms with van der Waals surface area (Å²) in [6.45, 7) is 5.84. The van der Waals surface area contributed by atoms with Gasteiger partial charge in [0, 0.05) is 0 Å². The summed E-state index contributed by atoms with van der Waals surface area (Å²) in [5.74, 6) is -0.831. The summed E-state index contributed by atoms with van der Waals surface area (Å²) in [7, 11) is 0. The van der Waals surface area contributed by atoms with E-state index in [1.54, 1.807) is 18.2 Å². The van der Waals surface area contributed by atoms with Crippen molar-refractivity contribution in [3.63, 3.8) is 0 Å². The Kier molecular flexibility index (Phi) is 2.65. The van der Waals surface area contributed by atoms with Gasteiger partial charge in [-0.15, -0.1) is 0 Å². The highest BCUT2D eigenvalue weighted by Crippen LogP contribution is 2.32. The van der Waals surface area contributed by atoms with Crippen LogP contribution < -0.4 is 4.74 Å². The zero-order chi connectivity index (χ0) is 12.6. The van der Waals surface area contributed by atoms with Gasteiger partial charge in [-0.3, -0.25) is 0 Å². The molecule has 1 aromatic carbocycles. The maximum Gasteiger partial charge on any atom is 0.350 e. The number of carbonyl (C=O) groups is 2. The molecule has 17 heavy (non-hydrogen) atoms. The van der Waals surface area contributed by atoms with Gasteiger partial charge < -0.3 is 9.47 Å². The van der Waals surface area contributed by atoms with Gasteiger partial charge in [-0.05, 0) is 32.4 Å². The second-order valence-corrected chi connectivity index (χ2v) is 4.57. The van der Waals surface area contributed by atoms with Crippen LogP contribution in [0, 0.1) is 0 Å². The fourth-order valence-corrected chi connectivity index (χ4v) is 1.56. The van der Waals surface area contributed by atoms with Crippen molar-refractivity contribution in [2.75, 3.05) is 0 Å². The van der Waals surface area contributed by atoms with Crippen LogP contribution in [0.4, 0.5) is 0 Å². The molecule has 4 nitrogen and oxygen atoms in total. The third-order valence-corrected chi connectivity index (χ3v) is 2.87. The van der Waals surface area contributed by atoms with Gasteiger partial charge in [0.2, 0.25) is 0 Å². The van der Waals surface area contributed by atoms with Gasteiger partial charge >= 0.3 is 11.9 Å². The fourth-order valence-electron chi connectivity index (χ4n) is 1.56. The lowest BCUT2D eigenvalue weighted by Crippen LogP contribution is -2.27. The van der Waals surface area contributed by atoms with Gasteiger partial charge in [-0.2, -0.15) is 0 Å². The summed E-state index contributed by atoms with van der Waals surface area (Å²) in [5, 5.41) is 0. The van der Waals surface area contributed by atoms with Crippen LogP contribution in [-0.4, -0.2) is 17.5 Å². The van der Waals surface area contributed by atoms with Gasteiger partial charge in [-0.1, -0.05) is 13.0 Å². The summed E-state index contributed by atoms with van der Waals surface area (Å²) in [4.78, 5) is 22.9. The molecule has 1 aromatic rings. The molecule has 0 N–H and O–H groups in total. The normalized spacial score (nSPS) is 14.5. The molecule has 1 aliphatic heterocycles. The standard InChI is InChI=1S/C13H14O4/c1-4-13(2,3)17-9-7-5-6-8-10(9)12(15)16-11(8)14/h5-7H,4H2,1-3H3. The van der Waals surface area contributed by atoms with E-state index in [1.807, 2.05) is 20.8 Å². The van der Waals surface area contributed by atoms with E-state index >= 15 is 0 Å². The topological polar surface area (TPSA) is 52.6 Å². The highest BCUT2D eigenvalue weighted by Gasteiger charge is 2.34. The number of fused-ring (bicyclic) bond motifs is 1. The number of esters is 2. The predicted octanol–water partition coefficient (Wildman–Crippen LogP) is 2.56. The summed E-state index contributed by atoms with van der Waals surface area (Å²) >= 11 is 0. The van der Waals surface area contributed by atoms with Crippen molar-refractivity contribution in [3.05, 3.63) is 29.3 Å². The fraction of sp³-hybridized carbons (Fsp3) is 0.385. The molecular weight excluding hydrogens is 220 g/mol. The maximum atomic E-state index is 11.5. The molecule has 1 heterocycles. The molecule has 0 radical (unpaired) electrons. The molecule has 2 rings (SSSR count). The first-order chi connectivity index (χ1) is 7.94. The molecule has 0 fully saturated rings. The molecule has 0 unspecified atom stereocenters. The Morgan fingerprint density at radius 3 is 2.59 bits per heavy atom. The van der Waals surface area contributed by atoms with E-state index in [-0.39, 0.29) is 16.7 Å². The lowest BCUT2D eigenvalue weighted by Gasteiger charge is -2.25. The predicted molar refractivity (Wildman–Crippen MR) is 61.2 cm³/mol. The number of benzene rings is 1. The van der Waals surface area contributed by atoms with Crippen molar-refractivity contribution in [3.8, 4) is 5.75 Å². The number of ether oxygens (including phenoxy) is 2. The minimum Gasteiger partial charge on any atom is -0.487 e. The Labute approximate surface area is 99.5 Å². The van der Waals surface area contributed by atoms with Gasteiger partial charge in [0.25, 0.3) is 0 Å². The Bertz CT molecular complexity index is 488. The van der Waals surface area contributed by atoms with Gasteiger partial charge in [-0.25, -0.2) is 9.59 Å². The van der Waals surface area contributed by atoms with Crippen LogP contribution in [0.15, 0.2) is 18.2 Å². The number of hydrogen-bond acceptors (Lipinski definition) is 4. The van der Waals surface area contributed by atoms with Gasteiger partial charge in [0.15, 0.2) is 0 Å². The highest BCUT2D eigenvalue weighted by atomic mass is 16.6. The molecule has 90 valence electrons. The molecule has 0 bridgehead atoms. The van der Waals surface area contributed by atoms with E-state index in [1.165, 1.54) is 0 Å². The van der Waals surface area contributed by atoms with Crippen molar-refractivity contribution >= 4 is 11.9 Å². The third-order valence-electron chi connectivity index (χ3n) is 2.87. The van der Waals surface area contributed by atoms with E-state index in [2.05, 4.69) is 4.74 Å². The Morgan fingerprint density at radius 1 is 1.24 bits per heavy atom. The molecule has 0 amide bonds. The molecule has 1 aliphatic rings. The van der Waals surface area contributed by atoms with Crippen LogP contribution >= 0.6 is 0 Å². The molecule has 0 saturated carbocycles. The van der Waals surface area contributed by atoms with E-state index in [0.717, 1.165) is 6.42 Å². The molecular formula is C13H14O4. The maximum absolute atomic E-state index is 11.5. The monoisotopic (exact) mass is 234 g/mol. The molecule has 4 heteroatoms. The largest absolute Gasteiger partial charge is 0.487 e. The van der Waals surface area contributed by atoms with Crippen molar-refractivity contribution in [2.24, 2.45) is 0 Å². The summed E-state index contributed by atoms with van der Waals surface area (Å²) in [5.41, 5.74) is 0.125. The zero-order valence-corrected chi connectivity index (χ0v) is 10.1. The lowest BCUT2D eigenvalue weighted by atomic mass is 10.0. The van der Waals surface area contributed by atoms with Gasteiger partial charge in [0.1, 0.15) is 16.9 Å². The van der Waals surface area contributed by atoms with E-state index in [4.69, 9.17) is 4.74 Å². The van der Waals surface area contributed by atoms with Crippen LogP contribution in [0.2, 0.25) is 0 Å². The van der Waals surface area contributed by atoms with Gasteiger partial charge in [0.05, 0.1) is 5.56 Å². The second kappa shape index (κ2) is 3.87. The number of carbonyl (C=O) groups excluding carboxylic acids is 2. The minimum absolute atomic E-state index is 0.235.